The number of aliphatic hydroxyl groups is 1. The van der Waals surface area contributed by atoms with E-state index in [0.717, 1.165) is 16.2 Å². The number of aliphatic hydroxyl groups excluding tert-OH is 1. The van der Waals surface area contributed by atoms with Gasteiger partial charge in [0.1, 0.15) is 0 Å². The normalized spacial score (nSPS) is 22.2. The largest absolute Gasteiger partial charge is 0.391 e. The van der Waals surface area contributed by atoms with Gasteiger partial charge < -0.3 is 19.9 Å². The minimum Gasteiger partial charge on any atom is -0.391 e. The van der Waals surface area contributed by atoms with Crippen LogP contribution in [-0.4, -0.2) is 75.2 Å². The predicted octanol–water partition coefficient (Wildman–Crippen LogP) is 1.80. The minimum atomic E-state index is -0.507. The first kappa shape index (κ1) is 19.3. The molecule has 2 aliphatic heterocycles. The number of aryl methyl sites for hydroxylation is 1. The van der Waals surface area contributed by atoms with Gasteiger partial charge in [-0.3, -0.25) is 9.59 Å². The van der Waals surface area contributed by atoms with Gasteiger partial charge in [0.15, 0.2) is 5.16 Å². The number of β-amino-alcohol motifs (C(OH)–C–C–N with tert-alkyl or cyclic N) is 1. The number of likely N-dealkylation sites (N-methyl/N-ethyl adjacent to an activating group) is 1. The number of hydrogen-bond donors (Lipinski definition) is 2. The third-order valence-electron chi connectivity index (χ3n) is 5.93. The summed E-state index contributed by atoms with van der Waals surface area (Å²) in [6.45, 7) is 3.56. The van der Waals surface area contributed by atoms with Gasteiger partial charge in [-0.25, -0.2) is 4.98 Å². The fourth-order valence-corrected chi connectivity index (χ4v) is 5.19. The summed E-state index contributed by atoms with van der Waals surface area (Å²) in [7, 11) is 1.75. The lowest BCUT2D eigenvalue weighted by molar-refractivity contribution is -0.156. The second-order valence-corrected chi connectivity index (χ2v) is 9.02. The zero-order valence-corrected chi connectivity index (χ0v) is 17.1. The van der Waals surface area contributed by atoms with Crippen LogP contribution in [0.3, 0.4) is 0 Å². The third kappa shape index (κ3) is 3.63. The van der Waals surface area contributed by atoms with Crippen molar-refractivity contribution in [2.24, 2.45) is 5.41 Å². The van der Waals surface area contributed by atoms with Crippen LogP contribution in [0.5, 0.6) is 0 Å². The number of amides is 2. The molecule has 2 amide bonds. The van der Waals surface area contributed by atoms with E-state index in [2.05, 4.69) is 9.97 Å². The summed E-state index contributed by atoms with van der Waals surface area (Å²) < 4.78 is 0. The molecule has 1 aromatic heterocycles. The number of benzene rings is 1. The number of hydrogen-bond acceptors (Lipinski definition) is 5. The van der Waals surface area contributed by atoms with Crippen molar-refractivity contribution in [3.63, 3.8) is 0 Å². The maximum atomic E-state index is 12.6. The molecular formula is C20H26N4O3S. The molecule has 4 rings (SSSR count). The lowest BCUT2D eigenvalue weighted by Crippen LogP contribution is -2.57. The molecule has 1 aromatic carbocycles. The number of carbonyl (C=O) groups excluding carboxylic acids is 2. The first-order valence-corrected chi connectivity index (χ1v) is 10.7. The Hall–Kier alpha value is -2.06. The maximum absolute atomic E-state index is 12.6. The number of likely N-dealkylation sites (tertiary alicyclic amines) is 2. The Bertz CT molecular complexity index is 904. The van der Waals surface area contributed by atoms with Crippen molar-refractivity contribution in [3.8, 4) is 0 Å². The number of imidazole rings is 1. The molecule has 2 N–H and O–H groups in total. The van der Waals surface area contributed by atoms with E-state index in [1.807, 2.05) is 30.0 Å². The average molecular weight is 403 g/mol. The highest BCUT2D eigenvalue weighted by molar-refractivity contribution is 7.99. The second-order valence-electron chi connectivity index (χ2n) is 8.06. The van der Waals surface area contributed by atoms with Crippen LogP contribution in [-0.2, 0) is 9.59 Å². The molecule has 2 saturated heterocycles. The molecule has 1 unspecified atom stereocenters. The fourth-order valence-electron chi connectivity index (χ4n) is 4.40. The minimum absolute atomic E-state index is 0.0636. The number of rotatable bonds is 3. The van der Waals surface area contributed by atoms with Crippen LogP contribution >= 0.6 is 11.8 Å². The Balaban J connectivity index is 1.34. The highest BCUT2D eigenvalue weighted by atomic mass is 32.2. The van der Waals surface area contributed by atoms with Gasteiger partial charge in [-0.1, -0.05) is 17.8 Å². The van der Waals surface area contributed by atoms with Crippen molar-refractivity contribution in [3.05, 3.63) is 23.8 Å². The van der Waals surface area contributed by atoms with Gasteiger partial charge in [0.2, 0.25) is 11.8 Å². The zero-order chi connectivity index (χ0) is 19.9. The van der Waals surface area contributed by atoms with E-state index in [1.165, 1.54) is 17.3 Å². The van der Waals surface area contributed by atoms with Gasteiger partial charge in [0, 0.05) is 26.7 Å². The molecule has 1 atom stereocenters. The molecule has 2 aliphatic rings. The Labute approximate surface area is 168 Å². The van der Waals surface area contributed by atoms with Crippen molar-refractivity contribution >= 4 is 34.6 Å². The summed E-state index contributed by atoms with van der Waals surface area (Å²) in [5.41, 5.74) is 2.54. The van der Waals surface area contributed by atoms with Crippen LogP contribution in [0.2, 0.25) is 0 Å². The highest BCUT2D eigenvalue weighted by Gasteiger charge is 2.47. The smallest absolute Gasteiger partial charge is 0.233 e. The topological polar surface area (TPSA) is 89.5 Å². The summed E-state index contributed by atoms with van der Waals surface area (Å²) >= 11 is 1.41. The molecular weight excluding hydrogens is 376 g/mol. The molecule has 0 saturated carbocycles. The molecule has 2 fully saturated rings. The van der Waals surface area contributed by atoms with E-state index in [1.54, 1.807) is 11.9 Å². The van der Waals surface area contributed by atoms with Gasteiger partial charge in [0.05, 0.1) is 28.3 Å². The Morgan fingerprint density at radius 2 is 2.14 bits per heavy atom. The number of H-pyrrole nitrogens is 1. The molecule has 1 spiro atoms. The number of aromatic amines is 1. The van der Waals surface area contributed by atoms with Gasteiger partial charge in [-0.2, -0.15) is 0 Å². The number of aromatic nitrogens is 2. The lowest BCUT2D eigenvalue weighted by atomic mass is 9.71. The number of fused-ring (bicyclic) bond motifs is 1. The number of piperidine rings is 2. The van der Waals surface area contributed by atoms with Crippen LogP contribution in [0.15, 0.2) is 23.4 Å². The molecule has 0 radical (unpaired) electrons. The van der Waals surface area contributed by atoms with E-state index in [-0.39, 0.29) is 11.8 Å². The zero-order valence-electron chi connectivity index (χ0n) is 16.3. The van der Waals surface area contributed by atoms with Crippen LogP contribution in [0.4, 0.5) is 0 Å². The van der Waals surface area contributed by atoms with E-state index in [9.17, 15) is 14.7 Å². The molecule has 0 bridgehead atoms. The summed E-state index contributed by atoms with van der Waals surface area (Å²) in [5, 5.41) is 10.8. The van der Waals surface area contributed by atoms with Gasteiger partial charge in [-0.05, 0) is 43.9 Å². The van der Waals surface area contributed by atoms with Crippen molar-refractivity contribution < 1.29 is 14.7 Å². The van der Waals surface area contributed by atoms with Crippen LogP contribution < -0.4 is 0 Å². The van der Waals surface area contributed by atoms with E-state index < -0.39 is 11.5 Å². The van der Waals surface area contributed by atoms with Crippen LogP contribution in [0.25, 0.3) is 11.0 Å². The molecule has 8 heteroatoms. The Morgan fingerprint density at radius 3 is 2.89 bits per heavy atom. The van der Waals surface area contributed by atoms with Crippen molar-refractivity contribution in [1.29, 1.82) is 0 Å². The standard InChI is InChI=1S/C20H26N4O3S/c1-13-3-4-15-16(9-13)22-19(21-15)28-12-17(26)24-7-5-20(6-8-24)10-14(25)11-23(2)18(20)27/h3-4,9,14,25H,5-8,10-12H2,1-2H3,(H,21,22). The van der Waals surface area contributed by atoms with E-state index in [4.69, 9.17) is 0 Å². The first-order chi connectivity index (χ1) is 13.4. The maximum Gasteiger partial charge on any atom is 0.233 e. The summed E-state index contributed by atoms with van der Waals surface area (Å²) in [6, 6.07) is 6.04. The van der Waals surface area contributed by atoms with Crippen molar-refractivity contribution in [2.45, 2.75) is 37.4 Å². The lowest BCUT2D eigenvalue weighted by Gasteiger charge is -2.46. The number of thioether (sulfide) groups is 1. The molecule has 2 aromatic rings. The van der Waals surface area contributed by atoms with Crippen LogP contribution in [0.1, 0.15) is 24.8 Å². The monoisotopic (exact) mass is 402 g/mol. The number of carbonyl (C=O) groups is 2. The van der Waals surface area contributed by atoms with Crippen molar-refractivity contribution in [2.75, 3.05) is 32.4 Å². The summed E-state index contributed by atoms with van der Waals surface area (Å²) in [5.74, 6) is 0.493. The van der Waals surface area contributed by atoms with Gasteiger partial charge >= 0.3 is 0 Å². The Morgan fingerprint density at radius 1 is 1.39 bits per heavy atom. The number of nitrogens with zero attached hydrogens (tertiary/aromatic N) is 3. The second kappa shape index (κ2) is 7.40. The van der Waals surface area contributed by atoms with Gasteiger partial charge in [-0.15, -0.1) is 0 Å². The molecule has 28 heavy (non-hydrogen) atoms. The SMILES string of the molecule is Cc1ccc2nc(SCC(=O)N3CCC4(CC3)CC(O)CN(C)C4=O)[nH]c2c1. The molecule has 3 heterocycles. The van der Waals surface area contributed by atoms with Crippen molar-refractivity contribution in [1.82, 2.24) is 19.8 Å². The molecule has 7 nitrogen and oxygen atoms in total. The molecule has 0 aliphatic carbocycles. The van der Waals surface area contributed by atoms with Gasteiger partial charge in [0.25, 0.3) is 0 Å². The molecule has 150 valence electrons. The predicted molar refractivity (Wildman–Crippen MR) is 108 cm³/mol. The summed E-state index contributed by atoms with van der Waals surface area (Å²) in [4.78, 5) is 36.5. The number of nitrogens with one attached hydrogen (secondary N) is 1. The average Bonchev–Trinajstić information content (AvgIpc) is 3.06. The fraction of sp³-hybridized carbons (Fsp3) is 0.550. The summed E-state index contributed by atoms with van der Waals surface area (Å²) in [6.07, 6.45) is 1.27. The quantitative estimate of drug-likeness (QED) is 0.764. The Kier molecular flexibility index (Phi) is 5.09. The third-order valence-corrected chi connectivity index (χ3v) is 6.79. The first-order valence-electron chi connectivity index (χ1n) is 9.67. The van der Waals surface area contributed by atoms with E-state index >= 15 is 0 Å². The highest BCUT2D eigenvalue weighted by Crippen LogP contribution is 2.40. The van der Waals surface area contributed by atoms with E-state index in [0.29, 0.717) is 44.6 Å². The van der Waals surface area contributed by atoms with Crippen LogP contribution in [0, 0.1) is 12.3 Å².